The van der Waals surface area contributed by atoms with Gasteiger partial charge in [-0.05, 0) is 50.1 Å². The van der Waals surface area contributed by atoms with Crippen LogP contribution in [0.2, 0.25) is 0 Å². The molecule has 3 aromatic rings. The first-order chi connectivity index (χ1) is 18.4. The summed E-state index contributed by atoms with van der Waals surface area (Å²) in [7, 11) is 0. The molecule has 39 heavy (non-hydrogen) atoms. The number of H-pyrrole nitrogens is 1. The van der Waals surface area contributed by atoms with Gasteiger partial charge in [0.25, 0.3) is 17.7 Å². The lowest BCUT2D eigenvalue weighted by Crippen LogP contribution is -2.35. The molecule has 1 aromatic carbocycles. The van der Waals surface area contributed by atoms with E-state index in [1.54, 1.807) is 54.9 Å². The molecule has 0 spiro atoms. The van der Waals surface area contributed by atoms with E-state index in [-0.39, 0.29) is 36.0 Å². The average molecular weight is 538 g/mol. The SMILES string of the molecule is CCN(N=C(N)N)C(=O)c1cc(NC(=O)c2ccc3[nH]c(C(=O)NC(C)N=C(N)N)cc3c2)cn1CC(C)C. The van der Waals surface area contributed by atoms with Crippen LogP contribution in [0.25, 0.3) is 10.9 Å². The lowest BCUT2D eigenvalue weighted by molar-refractivity contribution is 0.0756. The molecule has 14 heteroatoms. The maximum absolute atomic E-state index is 13.1. The third-order valence-corrected chi connectivity index (χ3v) is 5.52. The normalized spacial score (nSPS) is 11.6. The number of nitrogens with two attached hydrogens (primary N) is 4. The number of aliphatic imine (C=N–C) groups is 1. The number of guanidine groups is 2. The van der Waals surface area contributed by atoms with E-state index < -0.39 is 18.0 Å². The third kappa shape index (κ3) is 7.28. The number of hydrogen-bond donors (Lipinski definition) is 7. The molecular weight excluding hydrogens is 502 g/mol. The van der Waals surface area contributed by atoms with E-state index in [0.29, 0.717) is 34.4 Å². The fraction of sp³-hybridized carbons (Fsp3) is 0.320. The van der Waals surface area contributed by atoms with Gasteiger partial charge in [0, 0.05) is 35.8 Å². The highest BCUT2D eigenvalue weighted by molar-refractivity contribution is 6.07. The van der Waals surface area contributed by atoms with Crippen molar-refractivity contribution in [3.63, 3.8) is 0 Å². The van der Waals surface area contributed by atoms with Crippen LogP contribution >= 0.6 is 0 Å². The lowest BCUT2D eigenvalue weighted by atomic mass is 10.1. The van der Waals surface area contributed by atoms with Crippen LogP contribution < -0.4 is 33.6 Å². The van der Waals surface area contributed by atoms with Gasteiger partial charge in [-0.3, -0.25) is 14.4 Å². The molecular formula is C25H35N11O3. The van der Waals surface area contributed by atoms with Crippen molar-refractivity contribution >= 4 is 46.2 Å². The maximum Gasteiger partial charge on any atom is 0.290 e. The number of amides is 3. The van der Waals surface area contributed by atoms with Crippen LogP contribution in [0.15, 0.2) is 46.6 Å². The molecule has 0 saturated heterocycles. The number of carbonyl (C=O) groups is 3. The van der Waals surface area contributed by atoms with Crippen molar-refractivity contribution in [2.45, 2.75) is 40.4 Å². The number of nitrogens with one attached hydrogen (secondary N) is 3. The molecule has 0 fully saturated rings. The standard InChI is InChI=1S/C25H35N11O3/c1-5-36(34-25(28)29)23(39)20-10-17(12-35(20)11-13(2)3)32-21(37)15-6-7-18-16(8-15)9-19(33-18)22(38)30-14(4)31-24(26)27/h6-10,12-14,33H,5,11H2,1-4H3,(H,30,38)(H,32,37)(H4,26,27,31)(H4,28,29,34). The first-order valence-corrected chi connectivity index (χ1v) is 12.3. The summed E-state index contributed by atoms with van der Waals surface area (Å²) in [5, 5.41) is 11.2. The molecule has 0 radical (unpaired) electrons. The Bertz CT molecular complexity index is 1430. The zero-order valence-corrected chi connectivity index (χ0v) is 22.4. The Hall–Kier alpha value is -5.01. The molecule has 0 aliphatic heterocycles. The quantitative estimate of drug-likeness (QED) is 0.112. The number of benzene rings is 1. The van der Waals surface area contributed by atoms with E-state index >= 15 is 0 Å². The topological polar surface area (TPSA) is 228 Å². The number of aromatic amines is 1. The molecule has 3 amide bonds. The minimum absolute atomic E-state index is 0.136. The van der Waals surface area contributed by atoms with Crippen LogP contribution in [0.1, 0.15) is 59.0 Å². The molecule has 14 nitrogen and oxygen atoms in total. The van der Waals surface area contributed by atoms with Crippen LogP contribution in [-0.4, -0.2) is 56.9 Å². The zero-order chi connectivity index (χ0) is 28.9. The molecule has 2 aromatic heterocycles. The number of nitrogens with zero attached hydrogens (tertiary/aromatic N) is 4. The van der Waals surface area contributed by atoms with E-state index in [1.165, 1.54) is 5.01 Å². The summed E-state index contributed by atoms with van der Waals surface area (Å²) in [5.41, 5.74) is 23.7. The van der Waals surface area contributed by atoms with E-state index in [9.17, 15) is 14.4 Å². The van der Waals surface area contributed by atoms with Gasteiger partial charge in [-0.25, -0.2) is 10.0 Å². The highest BCUT2D eigenvalue weighted by atomic mass is 16.2. The van der Waals surface area contributed by atoms with Crippen molar-refractivity contribution < 1.29 is 14.4 Å². The molecule has 11 N–H and O–H groups in total. The van der Waals surface area contributed by atoms with Gasteiger partial charge in [0.1, 0.15) is 17.6 Å². The minimum Gasteiger partial charge on any atom is -0.370 e. The Balaban J connectivity index is 1.83. The van der Waals surface area contributed by atoms with Crippen LogP contribution in [0.3, 0.4) is 0 Å². The molecule has 3 rings (SSSR count). The lowest BCUT2D eigenvalue weighted by Gasteiger charge is -2.17. The first kappa shape index (κ1) is 28.6. The molecule has 2 heterocycles. The minimum atomic E-state index is -0.612. The Morgan fingerprint density at radius 1 is 1.03 bits per heavy atom. The van der Waals surface area contributed by atoms with E-state index in [0.717, 1.165) is 0 Å². The number of rotatable bonds is 10. The van der Waals surface area contributed by atoms with Crippen LogP contribution in [0.4, 0.5) is 5.69 Å². The van der Waals surface area contributed by atoms with Crippen molar-refractivity contribution in [1.82, 2.24) is 19.9 Å². The van der Waals surface area contributed by atoms with Gasteiger partial charge in [0.2, 0.25) is 5.96 Å². The summed E-state index contributed by atoms with van der Waals surface area (Å²) in [4.78, 5) is 45.6. The van der Waals surface area contributed by atoms with Crippen molar-refractivity contribution in [3.8, 4) is 0 Å². The zero-order valence-electron chi connectivity index (χ0n) is 22.4. The van der Waals surface area contributed by atoms with Gasteiger partial charge >= 0.3 is 0 Å². The van der Waals surface area contributed by atoms with Gasteiger partial charge in [0.05, 0.1) is 5.69 Å². The number of aromatic nitrogens is 2. The van der Waals surface area contributed by atoms with Crippen molar-refractivity contribution in [2.75, 3.05) is 11.9 Å². The van der Waals surface area contributed by atoms with Crippen molar-refractivity contribution in [3.05, 3.63) is 53.5 Å². The van der Waals surface area contributed by atoms with Crippen LogP contribution in [0, 0.1) is 5.92 Å². The molecule has 0 aliphatic rings. The molecule has 1 atom stereocenters. The smallest absolute Gasteiger partial charge is 0.290 e. The van der Waals surface area contributed by atoms with E-state index in [4.69, 9.17) is 22.9 Å². The Morgan fingerprint density at radius 2 is 1.74 bits per heavy atom. The molecule has 0 aliphatic carbocycles. The number of hydrazone groups is 1. The fourth-order valence-electron chi connectivity index (χ4n) is 3.96. The summed E-state index contributed by atoms with van der Waals surface area (Å²) in [6, 6.07) is 8.21. The molecule has 0 bridgehead atoms. The summed E-state index contributed by atoms with van der Waals surface area (Å²) < 4.78 is 1.76. The molecule has 0 saturated carbocycles. The van der Waals surface area contributed by atoms with Crippen LogP contribution in [0.5, 0.6) is 0 Å². The fourth-order valence-corrected chi connectivity index (χ4v) is 3.96. The largest absolute Gasteiger partial charge is 0.370 e. The Labute approximate surface area is 225 Å². The number of carbonyl (C=O) groups excluding carboxylic acids is 3. The maximum atomic E-state index is 13.1. The number of fused-ring (bicyclic) bond motifs is 1. The van der Waals surface area contributed by atoms with Gasteiger partial charge in [-0.1, -0.05) is 13.8 Å². The summed E-state index contributed by atoms with van der Waals surface area (Å²) >= 11 is 0. The number of anilines is 1. The Kier molecular flexibility index (Phi) is 8.80. The third-order valence-electron chi connectivity index (χ3n) is 5.52. The first-order valence-electron chi connectivity index (χ1n) is 12.3. The number of hydrogen-bond acceptors (Lipinski definition) is 5. The summed E-state index contributed by atoms with van der Waals surface area (Å²) in [5.74, 6) is -1.33. The van der Waals surface area contributed by atoms with E-state index in [2.05, 4.69) is 25.7 Å². The van der Waals surface area contributed by atoms with Crippen LogP contribution in [-0.2, 0) is 6.54 Å². The summed E-state index contributed by atoms with van der Waals surface area (Å²) in [6.07, 6.45) is 1.09. The van der Waals surface area contributed by atoms with Gasteiger partial charge in [-0.15, -0.1) is 5.10 Å². The Morgan fingerprint density at radius 3 is 2.36 bits per heavy atom. The highest BCUT2D eigenvalue weighted by Gasteiger charge is 2.21. The predicted molar refractivity (Wildman–Crippen MR) is 151 cm³/mol. The average Bonchev–Trinajstić information content (AvgIpc) is 3.44. The second-order valence-corrected chi connectivity index (χ2v) is 9.35. The monoisotopic (exact) mass is 537 g/mol. The second kappa shape index (κ2) is 12.0. The van der Waals surface area contributed by atoms with E-state index in [1.807, 2.05) is 13.8 Å². The highest BCUT2D eigenvalue weighted by Crippen LogP contribution is 2.21. The van der Waals surface area contributed by atoms with Crippen molar-refractivity contribution in [1.29, 1.82) is 0 Å². The van der Waals surface area contributed by atoms with Gasteiger partial charge in [0.15, 0.2) is 5.96 Å². The molecule has 208 valence electrons. The van der Waals surface area contributed by atoms with Gasteiger partial charge < -0.3 is 43.1 Å². The summed E-state index contributed by atoms with van der Waals surface area (Å²) in [6.45, 7) is 8.22. The van der Waals surface area contributed by atoms with Gasteiger partial charge in [-0.2, -0.15) is 0 Å². The van der Waals surface area contributed by atoms with Crippen molar-refractivity contribution in [2.24, 2.45) is 38.9 Å². The molecule has 1 unspecified atom stereocenters. The predicted octanol–water partition coefficient (Wildman–Crippen LogP) is 0.877. The second-order valence-electron chi connectivity index (χ2n) is 9.35.